The first-order valence-corrected chi connectivity index (χ1v) is 6.27. The molecule has 7 heteroatoms. The summed E-state index contributed by atoms with van der Waals surface area (Å²) in [6.07, 6.45) is 3.01. The molecule has 21 heavy (non-hydrogen) atoms. The maximum Gasteiger partial charge on any atom is 0.433 e. The van der Waals surface area contributed by atoms with Crippen LogP contribution in [0.4, 0.5) is 5.88 Å². The second-order valence-electron chi connectivity index (χ2n) is 4.69. The van der Waals surface area contributed by atoms with Gasteiger partial charge in [-0.2, -0.15) is 5.10 Å². The zero-order chi connectivity index (χ0) is 15.0. The molecule has 0 fully saturated rings. The van der Waals surface area contributed by atoms with Crippen molar-refractivity contribution in [1.82, 2.24) is 9.66 Å². The van der Waals surface area contributed by atoms with Gasteiger partial charge in [-0.05, 0) is 43.2 Å². The van der Waals surface area contributed by atoms with Crippen molar-refractivity contribution in [1.29, 1.82) is 0 Å². The number of hydrogen-bond acceptors (Lipinski definition) is 5. The number of aryl methyl sites for hydroxylation is 2. The lowest BCUT2D eigenvalue weighted by atomic mass is 10.1. The molecular formula is C14H12N4O3. The molecule has 2 heterocycles. The number of nitro groups is 1. The van der Waals surface area contributed by atoms with Gasteiger partial charge in [0, 0.05) is 0 Å². The van der Waals surface area contributed by atoms with E-state index in [9.17, 15) is 10.1 Å². The van der Waals surface area contributed by atoms with Crippen molar-refractivity contribution in [3.05, 3.63) is 57.6 Å². The van der Waals surface area contributed by atoms with E-state index in [1.54, 1.807) is 11.0 Å². The third-order valence-corrected chi connectivity index (χ3v) is 3.25. The van der Waals surface area contributed by atoms with E-state index in [4.69, 9.17) is 4.42 Å². The summed E-state index contributed by atoms with van der Waals surface area (Å²) in [6, 6.07) is 6.78. The summed E-state index contributed by atoms with van der Waals surface area (Å²) in [5, 5.41) is 14.8. The SMILES string of the molecule is Cc1cc2ncn(N=Cc3ccc([N+](=O)[O-])o3)c2cc1C. The normalized spacial score (nSPS) is 11.5. The van der Waals surface area contributed by atoms with Crippen LogP contribution in [0.5, 0.6) is 0 Å². The highest BCUT2D eigenvalue weighted by Crippen LogP contribution is 2.18. The monoisotopic (exact) mass is 284 g/mol. The Kier molecular flexibility index (Phi) is 3.02. The van der Waals surface area contributed by atoms with Gasteiger partial charge in [-0.1, -0.05) is 0 Å². The van der Waals surface area contributed by atoms with Crippen LogP contribution in [0.1, 0.15) is 16.9 Å². The third kappa shape index (κ3) is 2.40. The Morgan fingerprint density at radius 2 is 2.10 bits per heavy atom. The molecule has 1 aromatic carbocycles. The van der Waals surface area contributed by atoms with Crippen LogP contribution >= 0.6 is 0 Å². The molecule has 0 amide bonds. The minimum absolute atomic E-state index is 0.307. The number of fused-ring (bicyclic) bond motifs is 1. The van der Waals surface area contributed by atoms with Gasteiger partial charge >= 0.3 is 5.88 Å². The van der Waals surface area contributed by atoms with E-state index in [-0.39, 0.29) is 5.88 Å². The number of furan rings is 1. The van der Waals surface area contributed by atoms with E-state index in [0.29, 0.717) is 5.76 Å². The van der Waals surface area contributed by atoms with Gasteiger partial charge in [0.05, 0.1) is 23.3 Å². The van der Waals surface area contributed by atoms with Crippen molar-refractivity contribution in [3.63, 3.8) is 0 Å². The van der Waals surface area contributed by atoms with E-state index in [2.05, 4.69) is 10.1 Å². The molecule has 0 unspecified atom stereocenters. The molecule has 3 rings (SSSR count). The zero-order valence-electron chi connectivity index (χ0n) is 11.5. The Labute approximate surface area is 119 Å². The molecule has 0 saturated carbocycles. The van der Waals surface area contributed by atoms with Crippen LogP contribution in [0.2, 0.25) is 0 Å². The fourth-order valence-electron chi connectivity index (χ4n) is 1.97. The minimum atomic E-state index is -0.587. The molecule has 0 radical (unpaired) electrons. The highest BCUT2D eigenvalue weighted by Gasteiger charge is 2.10. The summed E-state index contributed by atoms with van der Waals surface area (Å²) in [5.74, 6) is 0.00536. The summed E-state index contributed by atoms with van der Waals surface area (Å²) in [6.45, 7) is 4.05. The van der Waals surface area contributed by atoms with Gasteiger partial charge in [0.2, 0.25) is 0 Å². The number of hydrogen-bond donors (Lipinski definition) is 0. The largest absolute Gasteiger partial charge is 0.433 e. The van der Waals surface area contributed by atoms with Crippen molar-refractivity contribution < 1.29 is 9.34 Å². The average molecular weight is 284 g/mol. The molecular weight excluding hydrogens is 272 g/mol. The molecule has 0 N–H and O–H groups in total. The van der Waals surface area contributed by atoms with Gasteiger partial charge < -0.3 is 4.42 Å². The summed E-state index contributed by atoms with van der Waals surface area (Å²) in [4.78, 5) is 14.2. The highest BCUT2D eigenvalue weighted by molar-refractivity contribution is 5.80. The summed E-state index contributed by atoms with van der Waals surface area (Å²) < 4.78 is 6.62. The van der Waals surface area contributed by atoms with Gasteiger partial charge in [0.1, 0.15) is 11.3 Å². The molecule has 0 bridgehead atoms. The zero-order valence-corrected chi connectivity index (χ0v) is 11.5. The first kappa shape index (κ1) is 13.0. The van der Waals surface area contributed by atoms with Gasteiger partial charge in [0.15, 0.2) is 5.76 Å². The molecule has 0 atom stereocenters. The first-order chi connectivity index (χ1) is 10.0. The van der Waals surface area contributed by atoms with E-state index in [1.807, 2.05) is 26.0 Å². The van der Waals surface area contributed by atoms with Crippen LogP contribution in [0, 0.1) is 24.0 Å². The van der Waals surface area contributed by atoms with Crippen molar-refractivity contribution in [2.45, 2.75) is 13.8 Å². The van der Waals surface area contributed by atoms with E-state index in [0.717, 1.165) is 16.6 Å². The van der Waals surface area contributed by atoms with E-state index in [1.165, 1.54) is 23.9 Å². The molecule has 2 aromatic heterocycles. The maximum absolute atomic E-state index is 10.5. The molecule has 0 aliphatic carbocycles. The summed E-state index contributed by atoms with van der Waals surface area (Å²) in [5.41, 5.74) is 4.03. The van der Waals surface area contributed by atoms with E-state index < -0.39 is 4.92 Å². The Bertz CT molecular complexity index is 860. The third-order valence-electron chi connectivity index (χ3n) is 3.25. The molecule has 3 aromatic rings. The van der Waals surface area contributed by atoms with Crippen molar-refractivity contribution in [2.24, 2.45) is 5.10 Å². The predicted octanol–water partition coefficient (Wildman–Crippen LogP) is 3.04. The fraction of sp³-hybridized carbons (Fsp3) is 0.143. The number of benzene rings is 1. The predicted molar refractivity (Wildman–Crippen MR) is 77.6 cm³/mol. The highest BCUT2D eigenvalue weighted by atomic mass is 16.6. The van der Waals surface area contributed by atoms with Crippen molar-refractivity contribution >= 4 is 23.1 Å². The summed E-state index contributed by atoms with van der Waals surface area (Å²) in [7, 11) is 0. The lowest BCUT2D eigenvalue weighted by molar-refractivity contribution is -0.402. The maximum atomic E-state index is 10.5. The molecule has 0 aliphatic heterocycles. The van der Waals surface area contributed by atoms with Crippen molar-refractivity contribution in [2.75, 3.05) is 0 Å². The Hall–Kier alpha value is -2.96. The van der Waals surface area contributed by atoms with Crippen LogP contribution in [-0.2, 0) is 0 Å². The average Bonchev–Trinajstić information content (AvgIpc) is 3.04. The molecule has 0 aliphatic rings. The smallest absolute Gasteiger partial charge is 0.400 e. The topological polar surface area (TPSA) is 86.5 Å². The second-order valence-corrected chi connectivity index (χ2v) is 4.69. The van der Waals surface area contributed by atoms with E-state index >= 15 is 0 Å². The minimum Gasteiger partial charge on any atom is -0.400 e. The number of rotatable bonds is 3. The summed E-state index contributed by atoms with van der Waals surface area (Å²) >= 11 is 0. The van der Waals surface area contributed by atoms with Crippen molar-refractivity contribution in [3.8, 4) is 0 Å². The molecule has 106 valence electrons. The Morgan fingerprint density at radius 1 is 1.33 bits per heavy atom. The van der Waals surface area contributed by atoms with Gasteiger partial charge in [-0.15, -0.1) is 0 Å². The second kappa shape index (κ2) is 4.86. The molecule has 0 spiro atoms. The standard InChI is InChI=1S/C14H12N4O3/c1-9-5-12-13(6-10(9)2)17(8-15-12)16-7-11-3-4-14(21-11)18(19)20/h3-8H,1-2H3. The van der Waals surface area contributed by atoms with Crippen LogP contribution in [0.3, 0.4) is 0 Å². The van der Waals surface area contributed by atoms with Gasteiger partial charge in [-0.25, -0.2) is 9.66 Å². The number of imidazole rings is 1. The van der Waals surface area contributed by atoms with Crippen LogP contribution in [-0.4, -0.2) is 20.8 Å². The lowest BCUT2D eigenvalue weighted by Gasteiger charge is -2.00. The first-order valence-electron chi connectivity index (χ1n) is 6.27. The molecule has 0 saturated heterocycles. The lowest BCUT2D eigenvalue weighted by Crippen LogP contribution is -1.89. The quantitative estimate of drug-likeness (QED) is 0.420. The van der Waals surface area contributed by atoms with Gasteiger partial charge in [-0.3, -0.25) is 10.1 Å². The Balaban J connectivity index is 1.95. The Morgan fingerprint density at radius 3 is 2.81 bits per heavy atom. The number of aromatic nitrogens is 2. The van der Waals surface area contributed by atoms with Gasteiger partial charge in [0.25, 0.3) is 0 Å². The van der Waals surface area contributed by atoms with Crippen LogP contribution in [0.15, 0.2) is 40.1 Å². The fourth-order valence-corrected chi connectivity index (χ4v) is 1.97. The van der Waals surface area contributed by atoms with Crippen LogP contribution < -0.4 is 0 Å². The number of nitrogens with zero attached hydrogens (tertiary/aromatic N) is 4. The molecule has 7 nitrogen and oxygen atoms in total. The van der Waals surface area contributed by atoms with Crippen LogP contribution in [0.25, 0.3) is 11.0 Å².